The number of aromatic nitrogens is 6. The summed E-state index contributed by atoms with van der Waals surface area (Å²) in [6, 6.07) is -1.73. The predicted molar refractivity (Wildman–Crippen MR) is 147 cm³/mol. The number of fused-ring (bicyclic) bond motifs is 1. The third-order valence-corrected chi connectivity index (χ3v) is 8.07. The molecule has 1 saturated carbocycles. The maximum atomic E-state index is 13.4. The molecule has 42 heavy (non-hydrogen) atoms. The lowest BCUT2D eigenvalue weighted by molar-refractivity contribution is -0.161. The molecule has 0 aromatic carbocycles. The fourth-order valence-corrected chi connectivity index (χ4v) is 5.86. The van der Waals surface area contributed by atoms with E-state index in [-0.39, 0.29) is 66.3 Å². The second-order valence-corrected chi connectivity index (χ2v) is 11.0. The summed E-state index contributed by atoms with van der Waals surface area (Å²) in [7, 11) is 0. The number of aliphatic hydroxyl groups excluding tert-OH is 1. The second kappa shape index (κ2) is 13.3. The van der Waals surface area contributed by atoms with Crippen LogP contribution in [0.1, 0.15) is 31.5 Å². The molecule has 0 radical (unpaired) electrons. The minimum Gasteiger partial charge on any atom is -0.492 e. The molecule has 3 aliphatic rings. The lowest BCUT2D eigenvalue weighted by atomic mass is 9.92. The molecule has 1 aliphatic carbocycles. The molecule has 1 saturated heterocycles. The van der Waals surface area contributed by atoms with Gasteiger partial charge in [-0.15, -0.1) is 5.10 Å². The summed E-state index contributed by atoms with van der Waals surface area (Å²) in [5, 5.41) is 27.7. The normalized spacial score (nSPS) is 20.5. The maximum absolute atomic E-state index is 13.4. The van der Waals surface area contributed by atoms with Crippen molar-refractivity contribution in [3.8, 4) is 0 Å². The number of rotatable bonds is 13. The van der Waals surface area contributed by atoms with Gasteiger partial charge in [-0.3, -0.25) is 14.5 Å². The molecule has 4 N–H and O–H groups in total. The van der Waals surface area contributed by atoms with Gasteiger partial charge in [0.25, 0.3) is 11.8 Å². The molecule has 19 heteroatoms. The van der Waals surface area contributed by atoms with E-state index in [1.54, 1.807) is 0 Å². The SMILES string of the molecule is C=CCOC(=O)C1=C(CSc2nnnn2CCO)OC[C@@H]2[C@H](NC(=O)/C(=N\OC3CCCC3)c3nsc(N)n3)C(=O)N12. The van der Waals surface area contributed by atoms with E-state index in [0.29, 0.717) is 5.16 Å². The number of nitrogens with two attached hydrogens (primary N) is 1. The third kappa shape index (κ3) is 6.21. The van der Waals surface area contributed by atoms with Gasteiger partial charge in [0, 0.05) is 11.5 Å². The number of esters is 1. The number of carbonyl (C=O) groups excluding carboxylic acids is 3. The van der Waals surface area contributed by atoms with Crippen LogP contribution in [0.25, 0.3) is 0 Å². The number of nitrogens with zero attached hydrogens (tertiary/aromatic N) is 8. The minimum atomic E-state index is -1.03. The summed E-state index contributed by atoms with van der Waals surface area (Å²) in [6.45, 7) is 3.45. The molecule has 4 heterocycles. The molecule has 224 valence electrons. The number of amides is 2. The predicted octanol–water partition coefficient (Wildman–Crippen LogP) is -0.779. The number of carbonyl (C=O) groups is 3. The van der Waals surface area contributed by atoms with Crippen molar-refractivity contribution in [1.29, 1.82) is 0 Å². The Bertz CT molecular complexity index is 1400. The first-order valence-corrected chi connectivity index (χ1v) is 14.8. The van der Waals surface area contributed by atoms with Crippen LogP contribution in [0.4, 0.5) is 5.13 Å². The molecule has 2 amide bonds. The Hall–Kier alpha value is -4.10. The van der Waals surface area contributed by atoms with E-state index in [1.165, 1.54) is 15.7 Å². The van der Waals surface area contributed by atoms with Gasteiger partial charge in [-0.1, -0.05) is 29.6 Å². The van der Waals surface area contributed by atoms with Gasteiger partial charge in [-0.2, -0.15) is 9.36 Å². The summed E-state index contributed by atoms with van der Waals surface area (Å²) >= 11 is 2.04. The van der Waals surface area contributed by atoms with Crippen LogP contribution in [-0.4, -0.2) is 107 Å². The van der Waals surface area contributed by atoms with Gasteiger partial charge < -0.3 is 30.5 Å². The molecule has 2 aromatic rings. The Balaban J connectivity index is 1.33. The number of aliphatic hydroxyl groups is 1. The van der Waals surface area contributed by atoms with Crippen LogP contribution in [0.2, 0.25) is 0 Å². The zero-order valence-electron chi connectivity index (χ0n) is 22.2. The number of thioether (sulfide) groups is 1. The Morgan fingerprint density at radius 2 is 2.17 bits per heavy atom. The molecule has 2 aliphatic heterocycles. The number of hydrogen-bond donors (Lipinski definition) is 3. The van der Waals surface area contributed by atoms with Gasteiger partial charge in [0.1, 0.15) is 37.2 Å². The highest BCUT2D eigenvalue weighted by atomic mass is 32.2. The zero-order chi connectivity index (χ0) is 29.6. The quantitative estimate of drug-likeness (QED) is 0.0624. The average molecular weight is 621 g/mol. The molecule has 5 rings (SSSR count). The van der Waals surface area contributed by atoms with Crippen molar-refractivity contribution < 1.29 is 33.8 Å². The fraction of sp³-hybridized carbons (Fsp3) is 0.522. The van der Waals surface area contributed by atoms with Crippen LogP contribution in [0, 0.1) is 0 Å². The zero-order valence-corrected chi connectivity index (χ0v) is 23.9. The number of nitrogens with one attached hydrogen (secondary N) is 1. The largest absolute Gasteiger partial charge is 0.492 e. The minimum absolute atomic E-state index is 0.0145. The second-order valence-electron chi connectivity index (χ2n) is 9.30. The first-order valence-electron chi connectivity index (χ1n) is 13.0. The van der Waals surface area contributed by atoms with Crippen LogP contribution in [0.5, 0.6) is 0 Å². The standard InChI is InChI=1S/C23H28N10O7S2/c1-2-9-38-21(37)17-14(11-41-23-27-30-31-32(23)7-8-34)39-10-13-15(20(36)33(13)17)25-19(35)16(18-26-22(24)42-29-18)28-40-12-5-3-4-6-12/h2,12-13,15,34H,1,3-11H2,(H,25,35)(H2,24,26,29)/b28-16-/t13-,15+/m1/s1. The third-order valence-electron chi connectivity index (χ3n) is 6.57. The number of β-lactam (4-membered cyclic amide) rings is 1. The van der Waals surface area contributed by atoms with Gasteiger partial charge in [0.15, 0.2) is 10.8 Å². The molecule has 2 aromatic heterocycles. The van der Waals surface area contributed by atoms with Crippen LogP contribution in [0.15, 0.2) is 34.4 Å². The maximum Gasteiger partial charge on any atom is 0.358 e. The summed E-state index contributed by atoms with van der Waals surface area (Å²) in [6.07, 6.45) is 4.90. The van der Waals surface area contributed by atoms with Gasteiger partial charge in [0.05, 0.1) is 18.9 Å². The highest BCUT2D eigenvalue weighted by Gasteiger charge is 2.55. The van der Waals surface area contributed by atoms with Gasteiger partial charge in [-0.25, -0.2) is 9.48 Å². The van der Waals surface area contributed by atoms with Crippen LogP contribution < -0.4 is 11.1 Å². The number of ether oxygens (including phenoxy) is 2. The number of oxime groups is 1. The summed E-state index contributed by atoms with van der Waals surface area (Å²) in [4.78, 5) is 50.6. The molecule has 0 bridgehead atoms. The molecule has 17 nitrogen and oxygen atoms in total. The fourth-order valence-electron chi connectivity index (χ4n) is 4.57. The topological polar surface area (TPSA) is 222 Å². The Morgan fingerprint density at radius 3 is 2.88 bits per heavy atom. The molecule has 0 spiro atoms. The molecular weight excluding hydrogens is 592 g/mol. The van der Waals surface area contributed by atoms with Crippen molar-refractivity contribution in [1.82, 2.24) is 39.8 Å². The first kappa shape index (κ1) is 29.4. The Kier molecular flexibility index (Phi) is 9.28. The van der Waals surface area contributed by atoms with Crippen LogP contribution in [-0.2, 0) is 35.2 Å². The van der Waals surface area contributed by atoms with E-state index in [2.05, 4.69) is 41.9 Å². The highest BCUT2D eigenvalue weighted by Crippen LogP contribution is 2.35. The van der Waals surface area contributed by atoms with E-state index < -0.39 is 29.9 Å². The van der Waals surface area contributed by atoms with Crippen molar-refractivity contribution in [2.24, 2.45) is 5.16 Å². The molecular formula is C23H28N10O7S2. The van der Waals surface area contributed by atoms with Crippen molar-refractivity contribution in [3.05, 3.63) is 29.9 Å². The van der Waals surface area contributed by atoms with Crippen LogP contribution >= 0.6 is 23.3 Å². The van der Waals surface area contributed by atoms with Crippen molar-refractivity contribution >= 4 is 51.9 Å². The van der Waals surface area contributed by atoms with E-state index in [4.69, 9.17) is 20.0 Å². The van der Waals surface area contributed by atoms with Crippen molar-refractivity contribution in [2.75, 3.05) is 31.3 Å². The lowest BCUT2D eigenvalue weighted by Crippen LogP contribution is -2.73. The summed E-state index contributed by atoms with van der Waals surface area (Å²) in [5.41, 5.74) is 5.41. The van der Waals surface area contributed by atoms with Crippen LogP contribution in [0.3, 0.4) is 0 Å². The van der Waals surface area contributed by atoms with E-state index in [9.17, 15) is 19.5 Å². The van der Waals surface area contributed by atoms with E-state index >= 15 is 0 Å². The van der Waals surface area contributed by atoms with Crippen molar-refractivity contribution in [2.45, 2.75) is 55.6 Å². The lowest BCUT2D eigenvalue weighted by Gasteiger charge is -2.49. The molecule has 2 fully saturated rings. The van der Waals surface area contributed by atoms with Gasteiger partial charge in [0.2, 0.25) is 16.7 Å². The number of tetrazole rings is 1. The van der Waals surface area contributed by atoms with E-state index in [0.717, 1.165) is 49.0 Å². The monoisotopic (exact) mass is 620 g/mol. The number of anilines is 1. The molecule has 2 atom stereocenters. The van der Waals surface area contributed by atoms with Gasteiger partial charge >= 0.3 is 5.97 Å². The van der Waals surface area contributed by atoms with Gasteiger partial charge in [-0.05, 0) is 36.1 Å². The first-order chi connectivity index (χ1) is 20.4. The van der Waals surface area contributed by atoms with Crippen molar-refractivity contribution in [3.63, 3.8) is 0 Å². The summed E-state index contributed by atoms with van der Waals surface area (Å²) in [5.74, 6) is -1.83. The molecule has 0 unspecified atom stereocenters. The highest BCUT2D eigenvalue weighted by molar-refractivity contribution is 7.99. The van der Waals surface area contributed by atoms with E-state index in [1.807, 2.05) is 0 Å². The Labute approximate surface area is 247 Å². The smallest absolute Gasteiger partial charge is 0.358 e. The Morgan fingerprint density at radius 1 is 1.36 bits per heavy atom. The number of nitrogen functional groups attached to an aromatic ring is 1. The average Bonchev–Trinajstić information content (AvgIpc) is 3.76. The summed E-state index contributed by atoms with van der Waals surface area (Å²) < 4.78 is 16.6. The number of hydrogen-bond acceptors (Lipinski definition) is 16.